The number of rotatable bonds is 5. The first kappa shape index (κ1) is 20.5. The van der Waals surface area contributed by atoms with E-state index in [1.165, 1.54) is 20.1 Å². The highest BCUT2D eigenvalue weighted by atomic mass is 16.8. The number of ketones is 1. The molecule has 3 heterocycles. The maximum atomic E-state index is 11.7. The summed E-state index contributed by atoms with van der Waals surface area (Å²) in [4.78, 5) is 23.2. The van der Waals surface area contributed by atoms with Crippen LogP contribution in [0.25, 0.3) is 0 Å². The molecule has 2 fully saturated rings. The number of benzene rings is 1. The number of aliphatic hydroxyl groups is 1. The number of carbonyl (C=O) groups excluding carboxylic acids is 2. The van der Waals surface area contributed by atoms with E-state index in [2.05, 4.69) is 5.32 Å². The summed E-state index contributed by atoms with van der Waals surface area (Å²) >= 11 is 0. The smallest absolute Gasteiger partial charge is 0.223 e. The van der Waals surface area contributed by atoms with E-state index in [0.717, 1.165) is 0 Å². The van der Waals surface area contributed by atoms with Gasteiger partial charge in [-0.2, -0.15) is 0 Å². The molecule has 0 saturated carbocycles. The van der Waals surface area contributed by atoms with Crippen LogP contribution < -0.4 is 10.1 Å². The Labute approximate surface area is 172 Å². The fourth-order valence-corrected chi connectivity index (χ4v) is 3.55. The summed E-state index contributed by atoms with van der Waals surface area (Å²) in [6.45, 7) is 2.96. The lowest BCUT2D eigenvalue weighted by molar-refractivity contribution is -0.336. The van der Waals surface area contributed by atoms with Gasteiger partial charge in [-0.25, -0.2) is 0 Å². The van der Waals surface area contributed by atoms with Gasteiger partial charge in [0.1, 0.15) is 30.1 Å². The first-order valence-corrected chi connectivity index (χ1v) is 9.61. The molecule has 2 aliphatic rings. The van der Waals surface area contributed by atoms with Crippen molar-refractivity contribution >= 4 is 11.7 Å². The molecule has 9 heteroatoms. The van der Waals surface area contributed by atoms with Gasteiger partial charge in [0.05, 0.1) is 12.9 Å². The normalized spacial score (nSPS) is 30.9. The van der Waals surface area contributed by atoms with Crippen molar-refractivity contribution in [1.29, 1.82) is 0 Å². The Morgan fingerprint density at radius 2 is 1.90 bits per heavy atom. The number of carbonyl (C=O) groups is 2. The van der Waals surface area contributed by atoms with Crippen LogP contribution in [0.2, 0.25) is 0 Å². The number of hydrogen-bond acceptors (Lipinski definition) is 8. The predicted octanol–water partition coefficient (Wildman–Crippen LogP) is 1.57. The summed E-state index contributed by atoms with van der Waals surface area (Å²) < 4.78 is 28.7. The van der Waals surface area contributed by atoms with Crippen LogP contribution in [0.3, 0.4) is 0 Å². The van der Waals surface area contributed by atoms with Gasteiger partial charge in [0, 0.05) is 12.5 Å². The second-order valence-corrected chi connectivity index (χ2v) is 7.24. The number of aliphatic hydroxyl groups excluding tert-OH is 1. The Morgan fingerprint density at radius 1 is 1.13 bits per heavy atom. The number of hydrogen-bond donors (Lipinski definition) is 2. The molecule has 0 radical (unpaired) electrons. The molecule has 30 heavy (non-hydrogen) atoms. The summed E-state index contributed by atoms with van der Waals surface area (Å²) in [5.41, 5.74) is 0.545. The quantitative estimate of drug-likeness (QED) is 0.704. The van der Waals surface area contributed by atoms with E-state index < -0.39 is 36.9 Å². The molecule has 0 aliphatic carbocycles. The molecule has 6 atom stereocenters. The molecule has 2 N–H and O–H groups in total. The molecule has 1 aromatic heterocycles. The lowest BCUT2D eigenvalue weighted by Gasteiger charge is -2.47. The van der Waals surface area contributed by atoms with E-state index in [9.17, 15) is 14.7 Å². The zero-order chi connectivity index (χ0) is 21.3. The van der Waals surface area contributed by atoms with Crippen molar-refractivity contribution in [2.75, 3.05) is 6.61 Å². The summed E-state index contributed by atoms with van der Waals surface area (Å²) in [5.74, 6) is 0.488. The molecule has 2 aromatic rings. The number of nitrogens with one attached hydrogen (secondary N) is 1. The Bertz CT molecular complexity index is 881. The van der Waals surface area contributed by atoms with E-state index in [0.29, 0.717) is 17.1 Å². The van der Waals surface area contributed by atoms with Crippen LogP contribution in [0, 0.1) is 0 Å². The molecule has 2 aliphatic heterocycles. The minimum absolute atomic E-state index is 0.0625. The molecule has 4 rings (SSSR count). The number of ether oxygens (including phenoxy) is 4. The highest BCUT2D eigenvalue weighted by Crippen LogP contribution is 2.35. The molecule has 0 unspecified atom stereocenters. The molecular weight excluding hydrogens is 394 g/mol. The second kappa shape index (κ2) is 8.57. The lowest BCUT2D eigenvalue weighted by atomic mass is 9.96. The van der Waals surface area contributed by atoms with Crippen molar-refractivity contribution in [2.45, 2.75) is 50.8 Å². The molecule has 2 saturated heterocycles. The summed E-state index contributed by atoms with van der Waals surface area (Å²) in [6.07, 6.45) is -2.75. The third-order valence-corrected chi connectivity index (χ3v) is 5.02. The molecule has 0 spiro atoms. The standard InChI is InChI=1S/C21H23NO8/c1-11(23)13-5-7-14(8-6-13)28-21-17(22-12(2)24)18(25)19-16(29-21)10-27-20(30-19)15-4-3-9-26-15/h3-9,16-21,25H,10H2,1-2H3,(H,22,24)/t16-,17-,18-,19+,20+,21+/m1/s1. The van der Waals surface area contributed by atoms with Crippen molar-refractivity contribution in [1.82, 2.24) is 5.32 Å². The molecular formula is C21H23NO8. The van der Waals surface area contributed by atoms with E-state index in [-0.39, 0.29) is 18.3 Å². The van der Waals surface area contributed by atoms with Gasteiger partial charge in [-0.15, -0.1) is 0 Å². The molecule has 1 aromatic carbocycles. The Hall–Kier alpha value is -2.72. The molecule has 1 amide bonds. The lowest BCUT2D eigenvalue weighted by Crippen LogP contribution is -2.67. The van der Waals surface area contributed by atoms with Crippen molar-refractivity contribution in [3.8, 4) is 5.75 Å². The fraction of sp³-hybridized carbons (Fsp3) is 0.429. The maximum absolute atomic E-state index is 11.7. The Kier molecular flexibility index (Phi) is 5.87. The highest BCUT2D eigenvalue weighted by Gasteiger charge is 2.51. The van der Waals surface area contributed by atoms with Crippen LogP contribution in [0.5, 0.6) is 5.75 Å². The minimum Gasteiger partial charge on any atom is -0.464 e. The number of Topliss-reactive ketones (excluding diaryl/α,β-unsaturated/α-hetero) is 1. The SMILES string of the molecule is CC(=O)N[C@H]1[C@@H](Oc2ccc(C(C)=O)cc2)O[C@@H]2CO[C@H](c3ccco3)O[C@@H]2[C@@H]1O. The monoisotopic (exact) mass is 417 g/mol. The van der Waals surface area contributed by atoms with Gasteiger partial charge in [-0.1, -0.05) is 0 Å². The summed E-state index contributed by atoms with van der Waals surface area (Å²) in [5, 5.41) is 13.6. The van der Waals surface area contributed by atoms with E-state index in [4.69, 9.17) is 23.4 Å². The zero-order valence-corrected chi connectivity index (χ0v) is 16.5. The van der Waals surface area contributed by atoms with Gasteiger partial charge in [0.2, 0.25) is 18.5 Å². The average Bonchev–Trinajstić information content (AvgIpc) is 3.26. The summed E-state index contributed by atoms with van der Waals surface area (Å²) in [6, 6.07) is 9.06. The van der Waals surface area contributed by atoms with Crippen LogP contribution in [-0.2, 0) is 19.0 Å². The van der Waals surface area contributed by atoms with E-state index in [1.54, 1.807) is 36.4 Å². The first-order chi connectivity index (χ1) is 14.4. The van der Waals surface area contributed by atoms with Crippen LogP contribution >= 0.6 is 0 Å². The van der Waals surface area contributed by atoms with Gasteiger partial charge >= 0.3 is 0 Å². The van der Waals surface area contributed by atoms with Crippen molar-refractivity contribution in [3.05, 3.63) is 54.0 Å². The number of amides is 1. The minimum atomic E-state index is -1.12. The molecule has 9 nitrogen and oxygen atoms in total. The van der Waals surface area contributed by atoms with Crippen molar-refractivity contribution in [3.63, 3.8) is 0 Å². The van der Waals surface area contributed by atoms with Gasteiger partial charge in [0.25, 0.3) is 0 Å². The average molecular weight is 417 g/mol. The van der Waals surface area contributed by atoms with Gasteiger partial charge < -0.3 is 33.8 Å². The number of furan rings is 1. The van der Waals surface area contributed by atoms with Gasteiger partial charge in [-0.3, -0.25) is 9.59 Å². The Balaban J connectivity index is 1.51. The van der Waals surface area contributed by atoms with Gasteiger partial charge in [-0.05, 0) is 43.3 Å². The maximum Gasteiger partial charge on any atom is 0.223 e. The highest BCUT2D eigenvalue weighted by molar-refractivity contribution is 5.94. The topological polar surface area (TPSA) is 116 Å². The van der Waals surface area contributed by atoms with Crippen LogP contribution in [-0.4, -0.2) is 54.0 Å². The van der Waals surface area contributed by atoms with Crippen molar-refractivity contribution in [2.24, 2.45) is 0 Å². The van der Waals surface area contributed by atoms with Crippen LogP contribution in [0.4, 0.5) is 0 Å². The van der Waals surface area contributed by atoms with E-state index >= 15 is 0 Å². The van der Waals surface area contributed by atoms with E-state index in [1.807, 2.05) is 0 Å². The third kappa shape index (κ3) is 4.24. The van der Waals surface area contributed by atoms with Crippen LogP contribution in [0.15, 0.2) is 47.1 Å². The Morgan fingerprint density at radius 3 is 2.53 bits per heavy atom. The molecule has 160 valence electrons. The van der Waals surface area contributed by atoms with Crippen LogP contribution in [0.1, 0.15) is 36.3 Å². The van der Waals surface area contributed by atoms with Crippen molar-refractivity contribution < 1.29 is 38.1 Å². The summed E-state index contributed by atoms with van der Waals surface area (Å²) in [7, 11) is 0. The fourth-order valence-electron chi connectivity index (χ4n) is 3.55. The first-order valence-electron chi connectivity index (χ1n) is 9.61. The zero-order valence-electron chi connectivity index (χ0n) is 16.5. The predicted molar refractivity (Wildman–Crippen MR) is 102 cm³/mol. The van der Waals surface area contributed by atoms with Gasteiger partial charge in [0.15, 0.2) is 11.5 Å². The second-order valence-electron chi connectivity index (χ2n) is 7.24. The number of fused-ring (bicyclic) bond motifs is 1. The molecule has 0 bridgehead atoms. The third-order valence-electron chi connectivity index (χ3n) is 5.02. The largest absolute Gasteiger partial charge is 0.464 e.